The number of carbonyl (C=O) groups is 1. The average molecular weight is 226 g/mol. The third-order valence-corrected chi connectivity index (χ3v) is 3.13. The van der Waals surface area contributed by atoms with Crippen LogP contribution < -0.4 is 0 Å². The maximum atomic E-state index is 11.6. The molecular formula is C13H26N2O. The van der Waals surface area contributed by atoms with Crippen molar-refractivity contribution >= 4 is 5.91 Å². The van der Waals surface area contributed by atoms with Gasteiger partial charge in [-0.1, -0.05) is 20.8 Å². The quantitative estimate of drug-likeness (QED) is 0.733. The van der Waals surface area contributed by atoms with Gasteiger partial charge in [-0.25, -0.2) is 0 Å². The molecule has 0 bridgehead atoms. The lowest BCUT2D eigenvalue weighted by atomic mass is 9.84. The van der Waals surface area contributed by atoms with Gasteiger partial charge in [-0.15, -0.1) is 0 Å². The lowest BCUT2D eigenvalue weighted by Crippen LogP contribution is -2.35. The van der Waals surface area contributed by atoms with E-state index in [4.69, 9.17) is 0 Å². The first-order chi connectivity index (χ1) is 7.28. The number of nitrogens with zero attached hydrogens (tertiary/aromatic N) is 2. The van der Waals surface area contributed by atoms with Gasteiger partial charge in [0.25, 0.3) is 0 Å². The summed E-state index contributed by atoms with van der Waals surface area (Å²) in [4.78, 5) is 15.5. The van der Waals surface area contributed by atoms with Crippen LogP contribution in [0.15, 0.2) is 0 Å². The molecule has 16 heavy (non-hydrogen) atoms. The Balaban J connectivity index is 2.33. The summed E-state index contributed by atoms with van der Waals surface area (Å²) in [5.41, 5.74) is 0.409. The monoisotopic (exact) mass is 226 g/mol. The fourth-order valence-corrected chi connectivity index (χ4v) is 2.42. The van der Waals surface area contributed by atoms with Crippen LogP contribution in [0, 0.1) is 11.3 Å². The zero-order valence-corrected chi connectivity index (χ0v) is 11.4. The van der Waals surface area contributed by atoms with Crippen molar-refractivity contribution in [3.63, 3.8) is 0 Å². The molecule has 1 atom stereocenters. The molecule has 0 aromatic heterocycles. The zero-order chi connectivity index (χ0) is 12.3. The molecule has 0 aliphatic carbocycles. The summed E-state index contributed by atoms with van der Waals surface area (Å²) < 4.78 is 0. The van der Waals surface area contributed by atoms with Gasteiger partial charge < -0.3 is 4.90 Å². The van der Waals surface area contributed by atoms with Crippen molar-refractivity contribution in [3.8, 4) is 0 Å². The number of rotatable bonds is 3. The summed E-state index contributed by atoms with van der Waals surface area (Å²) >= 11 is 0. The molecule has 0 spiro atoms. The summed E-state index contributed by atoms with van der Waals surface area (Å²) in [7, 11) is 3.65. The second-order valence-corrected chi connectivity index (χ2v) is 6.44. The van der Waals surface area contributed by atoms with Crippen LogP contribution in [0.25, 0.3) is 0 Å². The standard InChI is InChI=1S/C13H26N2O/c1-13(2,3)8-11-6-7-15(9-11)10-12(16)14(4)5/h11H,6-10H2,1-5H3. The lowest BCUT2D eigenvalue weighted by Gasteiger charge is -2.23. The van der Waals surface area contributed by atoms with Crippen molar-refractivity contribution in [2.24, 2.45) is 11.3 Å². The molecule has 3 nitrogen and oxygen atoms in total. The highest BCUT2D eigenvalue weighted by Crippen LogP contribution is 2.30. The van der Waals surface area contributed by atoms with Crippen molar-refractivity contribution in [1.29, 1.82) is 0 Å². The van der Waals surface area contributed by atoms with Gasteiger partial charge in [0.05, 0.1) is 6.54 Å². The van der Waals surface area contributed by atoms with Crippen molar-refractivity contribution in [1.82, 2.24) is 9.80 Å². The van der Waals surface area contributed by atoms with Crippen LogP contribution in [0.2, 0.25) is 0 Å². The van der Waals surface area contributed by atoms with Crippen molar-refractivity contribution < 1.29 is 4.79 Å². The minimum Gasteiger partial charge on any atom is -0.348 e. The predicted octanol–water partition coefficient (Wildman–Crippen LogP) is 1.83. The molecule has 1 amide bonds. The number of likely N-dealkylation sites (tertiary alicyclic amines) is 1. The van der Waals surface area contributed by atoms with Crippen molar-refractivity contribution in [3.05, 3.63) is 0 Å². The van der Waals surface area contributed by atoms with Gasteiger partial charge in [0.15, 0.2) is 0 Å². The Hall–Kier alpha value is -0.570. The molecule has 0 N–H and O–H groups in total. The van der Waals surface area contributed by atoms with Crippen LogP contribution >= 0.6 is 0 Å². The van der Waals surface area contributed by atoms with Crippen LogP contribution in [0.5, 0.6) is 0 Å². The summed E-state index contributed by atoms with van der Waals surface area (Å²) in [6, 6.07) is 0. The number of carbonyl (C=O) groups excluding carboxylic acids is 1. The summed E-state index contributed by atoms with van der Waals surface area (Å²) in [5, 5.41) is 0. The Morgan fingerprint density at radius 3 is 2.50 bits per heavy atom. The topological polar surface area (TPSA) is 23.6 Å². The van der Waals surface area contributed by atoms with E-state index in [1.807, 2.05) is 14.1 Å². The van der Waals surface area contributed by atoms with Gasteiger partial charge in [-0.2, -0.15) is 0 Å². The van der Waals surface area contributed by atoms with E-state index in [1.165, 1.54) is 12.8 Å². The fraction of sp³-hybridized carbons (Fsp3) is 0.923. The second-order valence-electron chi connectivity index (χ2n) is 6.44. The van der Waals surface area contributed by atoms with Crippen molar-refractivity contribution in [2.45, 2.75) is 33.6 Å². The Kier molecular flexibility index (Phi) is 4.36. The minimum atomic E-state index is 0.219. The first-order valence-corrected chi connectivity index (χ1v) is 6.20. The molecule has 1 heterocycles. The van der Waals surface area contributed by atoms with Gasteiger partial charge in [-0.3, -0.25) is 9.69 Å². The largest absolute Gasteiger partial charge is 0.348 e. The van der Waals surface area contributed by atoms with Gasteiger partial charge in [0.2, 0.25) is 5.91 Å². The fourth-order valence-electron chi connectivity index (χ4n) is 2.42. The predicted molar refractivity (Wildman–Crippen MR) is 67.3 cm³/mol. The third kappa shape index (κ3) is 4.52. The number of hydrogen-bond acceptors (Lipinski definition) is 2. The average Bonchev–Trinajstić information content (AvgIpc) is 2.49. The van der Waals surface area contributed by atoms with E-state index >= 15 is 0 Å². The smallest absolute Gasteiger partial charge is 0.236 e. The van der Waals surface area contributed by atoms with Gasteiger partial charge >= 0.3 is 0 Å². The number of likely N-dealkylation sites (N-methyl/N-ethyl adjacent to an activating group) is 1. The molecule has 1 saturated heterocycles. The van der Waals surface area contributed by atoms with E-state index in [0.717, 1.165) is 19.0 Å². The summed E-state index contributed by atoms with van der Waals surface area (Å²) in [6.45, 7) is 9.65. The Labute approximate surface area is 99.8 Å². The van der Waals surface area contributed by atoms with Crippen LogP contribution in [-0.4, -0.2) is 49.4 Å². The maximum absolute atomic E-state index is 11.6. The van der Waals surface area contributed by atoms with Gasteiger partial charge in [0.1, 0.15) is 0 Å². The highest BCUT2D eigenvalue weighted by Gasteiger charge is 2.27. The Morgan fingerprint density at radius 2 is 2.00 bits per heavy atom. The minimum absolute atomic E-state index is 0.219. The molecule has 0 radical (unpaired) electrons. The maximum Gasteiger partial charge on any atom is 0.236 e. The SMILES string of the molecule is CN(C)C(=O)CN1CCC(CC(C)(C)C)C1. The van der Waals surface area contributed by atoms with Crippen LogP contribution in [-0.2, 0) is 4.79 Å². The van der Waals surface area contributed by atoms with Crippen LogP contribution in [0.4, 0.5) is 0 Å². The molecule has 0 aromatic rings. The molecule has 1 aliphatic rings. The normalized spacial score (nSPS) is 22.4. The first kappa shape index (κ1) is 13.5. The van der Waals surface area contributed by atoms with E-state index in [9.17, 15) is 4.79 Å². The van der Waals surface area contributed by atoms with E-state index in [0.29, 0.717) is 12.0 Å². The summed E-state index contributed by atoms with van der Waals surface area (Å²) in [5.74, 6) is 0.992. The van der Waals surface area contributed by atoms with Crippen molar-refractivity contribution in [2.75, 3.05) is 33.7 Å². The summed E-state index contributed by atoms with van der Waals surface area (Å²) in [6.07, 6.45) is 2.51. The van der Waals surface area contributed by atoms with E-state index < -0.39 is 0 Å². The molecule has 1 rings (SSSR count). The number of amides is 1. The van der Waals surface area contributed by atoms with E-state index in [-0.39, 0.29) is 5.91 Å². The molecule has 1 unspecified atom stereocenters. The van der Waals surface area contributed by atoms with Crippen LogP contribution in [0.3, 0.4) is 0 Å². The lowest BCUT2D eigenvalue weighted by molar-refractivity contribution is -0.129. The molecule has 1 aliphatic heterocycles. The van der Waals surface area contributed by atoms with Crippen LogP contribution in [0.1, 0.15) is 33.6 Å². The highest BCUT2D eigenvalue weighted by atomic mass is 16.2. The molecular weight excluding hydrogens is 200 g/mol. The molecule has 94 valence electrons. The molecule has 0 aromatic carbocycles. The van der Waals surface area contributed by atoms with E-state index in [1.54, 1.807) is 4.90 Å². The zero-order valence-electron chi connectivity index (χ0n) is 11.4. The molecule has 3 heteroatoms. The Bertz CT molecular complexity index is 243. The van der Waals surface area contributed by atoms with Gasteiger partial charge in [0, 0.05) is 20.6 Å². The number of hydrogen-bond donors (Lipinski definition) is 0. The molecule has 0 saturated carbocycles. The Morgan fingerprint density at radius 1 is 1.38 bits per heavy atom. The molecule has 1 fully saturated rings. The highest BCUT2D eigenvalue weighted by molar-refractivity contribution is 5.77. The third-order valence-electron chi connectivity index (χ3n) is 3.13. The van der Waals surface area contributed by atoms with Gasteiger partial charge in [-0.05, 0) is 30.7 Å². The first-order valence-electron chi connectivity index (χ1n) is 6.20. The van der Waals surface area contributed by atoms with E-state index in [2.05, 4.69) is 25.7 Å². The second kappa shape index (κ2) is 5.17.